The lowest BCUT2D eigenvalue weighted by Gasteiger charge is -2.23. The number of thiazole rings is 1. The van der Waals surface area contributed by atoms with Gasteiger partial charge in [-0.2, -0.15) is 0 Å². The summed E-state index contributed by atoms with van der Waals surface area (Å²) < 4.78 is 0. The molecule has 0 N–H and O–H groups in total. The van der Waals surface area contributed by atoms with Crippen molar-refractivity contribution in [3.8, 4) is 0 Å². The Hall–Kier alpha value is -0.940. The van der Waals surface area contributed by atoms with Crippen LogP contribution < -0.4 is 0 Å². The highest BCUT2D eigenvalue weighted by atomic mass is 35.5. The number of aryl methyl sites for hydroxylation is 1. The van der Waals surface area contributed by atoms with Crippen LogP contribution in [0.4, 0.5) is 0 Å². The molecule has 0 fully saturated rings. The summed E-state index contributed by atoms with van der Waals surface area (Å²) in [5, 5.41) is 3.95. The molecule has 3 nitrogen and oxygen atoms in total. The minimum atomic E-state index is -0.286. The molecule has 6 heteroatoms. The summed E-state index contributed by atoms with van der Waals surface area (Å²) >= 11 is 13.6. The molecule has 2 aromatic rings. The van der Waals surface area contributed by atoms with Crippen LogP contribution in [0.2, 0.25) is 10.0 Å². The molecule has 2 rings (SSSR count). The van der Waals surface area contributed by atoms with Gasteiger partial charge >= 0.3 is 0 Å². The third-order valence-electron chi connectivity index (χ3n) is 3.32. The molecular weight excluding hydrogens is 327 g/mol. The monoisotopic (exact) mass is 342 g/mol. The number of ketones is 1. The molecule has 0 aliphatic rings. The first-order chi connectivity index (χ1) is 9.88. The van der Waals surface area contributed by atoms with Crippen molar-refractivity contribution in [1.29, 1.82) is 0 Å². The SMILES string of the molecule is Cc1nc(CN(C)C(C)C(=O)c2ccc(Cl)cc2Cl)cs1. The van der Waals surface area contributed by atoms with Crippen LogP contribution in [0.3, 0.4) is 0 Å². The van der Waals surface area contributed by atoms with Gasteiger partial charge in [-0.3, -0.25) is 9.69 Å². The number of benzene rings is 1. The number of hydrogen-bond acceptors (Lipinski definition) is 4. The van der Waals surface area contributed by atoms with Crippen LogP contribution >= 0.6 is 34.5 Å². The quantitative estimate of drug-likeness (QED) is 0.752. The number of aromatic nitrogens is 1. The zero-order chi connectivity index (χ0) is 15.6. The highest BCUT2D eigenvalue weighted by molar-refractivity contribution is 7.09. The highest BCUT2D eigenvalue weighted by Crippen LogP contribution is 2.23. The van der Waals surface area contributed by atoms with Crippen molar-refractivity contribution in [3.05, 3.63) is 49.9 Å². The summed E-state index contributed by atoms with van der Waals surface area (Å²) in [7, 11) is 1.90. The molecule has 0 bridgehead atoms. The summed E-state index contributed by atoms with van der Waals surface area (Å²) in [6, 6.07) is 4.65. The Morgan fingerprint density at radius 1 is 1.43 bits per heavy atom. The van der Waals surface area contributed by atoms with Gasteiger partial charge in [0.25, 0.3) is 0 Å². The van der Waals surface area contributed by atoms with Gasteiger partial charge in [-0.25, -0.2) is 4.98 Å². The maximum absolute atomic E-state index is 12.5. The number of Topliss-reactive ketones (excluding diaryl/α,β-unsaturated/α-hetero) is 1. The maximum atomic E-state index is 12.5. The standard InChI is InChI=1S/C15H16Cl2N2OS/c1-9(19(3)7-12-8-21-10(2)18-12)15(20)13-5-4-11(16)6-14(13)17/h4-6,8-9H,7H2,1-3H3. The molecule has 0 aliphatic heterocycles. The van der Waals surface area contributed by atoms with Gasteiger partial charge in [0, 0.05) is 22.5 Å². The number of nitrogens with zero attached hydrogens (tertiary/aromatic N) is 2. The number of likely N-dealkylation sites (N-methyl/N-ethyl adjacent to an activating group) is 1. The molecule has 0 saturated carbocycles. The van der Waals surface area contributed by atoms with Gasteiger partial charge in [-0.1, -0.05) is 23.2 Å². The van der Waals surface area contributed by atoms with Crippen LogP contribution in [-0.4, -0.2) is 28.8 Å². The first-order valence-electron chi connectivity index (χ1n) is 6.49. The molecule has 21 heavy (non-hydrogen) atoms. The number of carbonyl (C=O) groups is 1. The minimum absolute atomic E-state index is 0.0221. The average molecular weight is 343 g/mol. The van der Waals surface area contributed by atoms with Gasteiger partial charge in [0.05, 0.1) is 21.8 Å². The van der Waals surface area contributed by atoms with Crippen molar-refractivity contribution >= 4 is 40.3 Å². The second kappa shape index (κ2) is 6.88. The summed E-state index contributed by atoms with van der Waals surface area (Å²) in [4.78, 5) is 18.9. The van der Waals surface area contributed by atoms with E-state index in [0.717, 1.165) is 10.7 Å². The Kier molecular flexibility index (Phi) is 5.38. The molecule has 0 radical (unpaired) electrons. The largest absolute Gasteiger partial charge is 0.292 e. The lowest BCUT2D eigenvalue weighted by Crippen LogP contribution is -2.35. The Bertz CT molecular complexity index is 657. The molecule has 0 saturated heterocycles. The maximum Gasteiger partial charge on any atom is 0.181 e. The van der Waals surface area contributed by atoms with Crippen molar-refractivity contribution in [2.24, 2.45) is 0 Å². The van der Waals surface area contributed by atoms with Crippen LogP contribution in [0.15, 0.2) is 23.6 Å². The zero-order valence-electron chi connectivity index (χ0n) is 12.1. The third kappa shape index (κ3) is 4.04. The predicted octanol–water partition coefficient (Wildman–Crippen LogP) is 4.46. The lowest BCUT2D eigenvalue weighted by molar-refractivity contribution is 0.0861. The third-order valence-corrected chi connectivity index (χ3v) is 4.69. The molecule has 0 amide bonds. The van der Waals surface area contributed by atoms with E-state index in [9.17, 15) is 4.79 Å². The van der Waals surface area contributed by atoms with Crippen LogP contribution in [0.25, 0.3) is 0 Å². The Morgan fingerprint density at radius 2 is 2.14 bits per heavy atom. The second-order valence-electron chi connectivity index (χ2n) is 4.94. The van der Waals surface area contributed by atoms with E-state index in [1.807, 2.05) is 31.2 Å². The number of rotatable bonds is 5. The van der Waals surface area contributed by atoms with Gasteiger partial charge in [0.1, 0.15) is 0 Å². The smallest absolute Gasteiger partial charge is 0.181 e. The summed E-state index contributed by atoms with van der Waals surface area (Å²) in [5.41, 5.74) is 1.47. The van der Waals surface area contributed by atoms with Crippen molar-refractivity contribution < 1.29 is 4.79 Å². The van der Waals surface area contributed by atoms with E-state index in [2.05, 4.69) is 4.98 Å². The van der Waals surface area contributed by atoms with E-state index in [4.69, 9.17) is 23.2 Å². The minimum Gasteiger partial charge on any atom is -0.292 e. The van der Waals surface area contributed by atoms with E-state index in [1.165, 1.54) is 0 Å². The summed E-state index contributed by atoms with van der Waals surface area (Å²) in [6.07, 6.45) is 0. The van der Waals surface area contributed by atoms with Crippen LogP contribution in [0, 0.1) is 6.92 Å². The van der Waals surface area contributed by atoms with Gasteiger partial charge < -0.3 is 0 Å². The Labute approximate surface area is 138 Å². The predicted molar refractivity (Wildman–Crippen MR) is 88.6 cm³/mol. The Balaban J connectivity index is 2.11. The van der Waals surface area contributed by atoms with Crippen LogP contribution in [0.1, 0.15) is 28.0 Å². The molecule has 1 atom stereocenters. The van der Waals surface area contributed by atoms with Crippen molar-refractivity contribution in [2.75, 3.05) is 7.05 Å². The second-order valence-corrected chi connectivity index (χ2v) is 6.84. The fraction of sp³-hybridized carbons (Fsp3) is 0.333. The molecular formula is C15H16Cl2N2OS. The van der Waals surface area contributed by atoms with Crippen molar-refractivity contribution in [2.45, 2.75) is 26.4 Å². The van der Waals surface area contributed by atoms with Crippen molar-refractivity contribution in [1.82, 2.24) is 9.88 Å². The molecule has 112 valence electrons. The molecule has 0 spiro atoms. The fourth-order valence-electron chi connectivity index (χ4n) is 1.99. The van der Waals surface area contributed by atoms with Gasteiger partial charge in [0.15, 0.2) is 5.78 Å². The van der Waals surface area contributed by atoms with Crippen molar-refractivity contribution in [3.63, 3.8) is 0 Å². The Morgan fingerprint density at radius 3 is 2.71 bits per heavy atom. The molecule has 1 aromatic carbocycles. The van der Waals surface area contributed by atoms with Gasteiger partial charge in [0.2, 0.25) is 0 Å². The van der Waals surface area contributed by atoms with E-state index in [-0.39, 0.29) is 11.8 Å². The topological polar surface area (TPSA) is 33.2 Å². The number of halogens is 2. The number of carbonyl (C=O) groups excluding carboxylic acids is 1. The van der Waals surface area contributed by atoms with E-state index >= 15 is 0 Å². The normalized spacial score (nSPS) is 12.7. The van der Waals surface area contributed by atoms with Crippen LogP contribution in [0.5, 0.6) is 0 Å². The number of hydrogen-bond donors (Lipinski definition) is 0. The summed E-state index contributed by atoms with van der Waals surface area (Å²) in [5.74, 6) is -0.0221. The lowest BCUT2D eigenvalue weighted by atomic mass is 10.0. The van der Waals surface area contributed by atoms with Crippen LogP contribution in [-0.2, 0) is 6.54 Å². The zero-order valence-corrected chi connectivity index (χ0v) is 14.4. The van der Waals surface area contributed by atoms with E-state index in [0.29, 0.717) is 22.2 Å². The fourth-order valence-corrected chi connectivity index (χ4v) is 3.09. The molecule has 1 aromatic heterocycles. The van der Waals surface area contributed by atoms with E-state index in [1.54, 1.807) is 29.5 Å². The first-order valence-corrected chi connectivity index (χ1v) is 8.12. The first kappa shape index (κ1) is 16.4. The molecule has 1 unspecified atom stereocenters. The summed E-state index contributed by atoms with van der Waals surface area (Å²) in [6.45, 7) is 4.46. The van der Waals surface area contributed by atoms with Gasteiger partial charge in [-0.15, -0.1) is 11.3 Å². The molecule has 0 aliphatic carbocycles. The molecule has 1 heterocycles. The average Bonchev–Trinajstić information content (AvgIpc) is 2.82. The van der Waals surface area contributed by atoms with E-state index < -0.39 is 0 Å². The van der Waals surface area contributed by atoms with Gasteiger partial charge in [-0.05, 0) is 39.1 Å². The highest BCUT2D eigenvalue weighted by Gasteiger charge is 2.22.